The van der Waals surface area contributed by atoms with Gasteiger partial charge in [0, 0.05) is 56.0 Å². The van der Waals surface area contributed by atoms with Crippen LogP contribution in [0, 0.1) is 11.6 Å². The lowest BCUT2D eigenvalue weighted by atomic mass is 10.0. The number of fused-ring (bicyclic) bond motifs is 1. The summed E-state index contributed by atoms with van der Waals surface area (Å²) in [5.74, 6) is -0.277. The molecule has 2 aliphatic heterocycles. The number of halogens is 2. The molecule has 3 heterocycles. The molecule has 25 heavy (non-hydrogen) atoms. The molecule has 0 bridgehead atoms. The van der Waals surface area contributed by atoms with Gasteiger partial charge in [-0.15, -0.1) is 0 Å². The fourth-order valence-corrected chi connectivity index (χ4v) is 3.42. The highest BCUT2D eigenvalue weighted by Crippen LogP contribution is 2.21. The van der Waals surface area contributed by atoms with Crippen LogP contribution in [0.3, 0.4) is 0 Å². The normalized spacial score (nSPS) is 17.9. The van der Waals surface area contributed by atoms with Crippen LogP contribution < -0.4 is 0 Å². The van der Waals surface area contributed by atoms with Crippen LogP contribution in [0.2, 0.25) is 0 Å². The summed E-state index contributed by atoms with van der Waals surface area (Å²) in [6.07, 6.45) is 5.93. The molecular weight excluding hydrogens is 322 g/mol. The van der Waals surface area contributed by atoms with Crippen molar-refractivity contribution in [2.24, 2.45) is 4.99 Å². The van der Waals surface area contributed by atoms with Crippen molar-refractivity contribution in [3.63, 3.8) is 0 Å². The second-order valence-corrected chi connectivity index (χ2v) is 6.65. The fraction of sp³-hybridized carbons (Fsp3) is 0.421. The molecule has 1 aromatic carbocycles. The van der Waals surface area contributed by atoms with Gasteiger partial charge in [-0.25, -0.2) is 18.7 Å². The lowest BCUT2D eigenvalue weighted by molar-refractivity contribution is 0.239. The SMILES string of the molecule is Fc1ccc(CN2CCc3nc(C4=NCCCC4)ncc3C2)c(F)c1. The first-order valence-corrected chi connectivity index (χ1v) is 8.74. The smallest absolute Gasteiger partial charge is 0.173 e. The van der Waals surface area contributed by atoms with Crippen LogP contribution in [0.5, 0.6) is 0 Å². The minimum atomic E-state index is -0.545. The number of aliphatic imine (C=N–C) groups is 1. The summed E-state index contributed by atoms with van der Waals surface area (Å²) in [6, 6.07) is 3.76. The topological polar surface area (TPSA) is 41.4 Å². The number of nitrogens with zero attached hydrogens (tertiary/aromatic N) is 4. The van der Waals surface area contributed by atoms with Crippen molar-refractivity contribution in [1.29, 1.82) is 0 Å². The van der Waals surface area contributed by atoms with Crippen LogP contribution in [0.15, 0.2) is 29.4 Å². The Morgan fingerprint density at radius 3 is 2.84 bits per heavy atom. The first-order valence-electron chi connectivity index (χ1n) is 8.74. The predicted octanol–water partition coefficient (Wildman–Crippen LogP) is 3.29. The first-order chi connectivity index (χ1) is 12.2. The highest BCUT2D eigenvalue weighted by Gasteiger charge is 2.21. The lowest BCUT2D eigenvalue weighted by Gasteiger charge is -2.28. The maximum absolute atomic E-state index is 13.9. The molecule has 0 saturated carbocycles. The maximum atomic E-state index is 13.9. The van der Waals surface area contributed by atoms with Gasteiger partial charge in [-0.3, -0.25) is 9.89 Å². The van der Waals surface area contributed by atoms with Crippen molar-refractivity contribution in [3.05, 3.63) is 58.7 Å². The van der Waals surface area contributed by atoms with Gasteiger partial charge in [0.05, 0.1) is 11.4 Å². The summed E-state index contributed by atoms with van der Waals surface area (Å²) >= 11 is 0. The first kappa shape index (κ1) is 16.3. The molecule has 6 heteroatoms. The largest absolute Gasteiger partial charge is 0.294 e. The third-order valence-electron chi connectivity index (χ3n) is 4.80. The van der Waals surface area contributed by atoms with Crippen molar-refractivity contribution in [2.75, 3.05) is 13.1 Å². The van der Waals surface area contributed by atoms with Crippen LogP contribution in [-0.4, -0.2) is 33.7 Å². The number of aromatic nitrogens is 2. The molecule has 0 fully saturated rings. The molecule has 0 aliphatic carbocycles. The van der Waals surface area contributed by atoms with Crippen LogP contribution >= 0.6 is 0 Å². The zero-order valence-corrected chi connectivity index (χ0v) is 14.0. The third kappa shape index (κ3) is 3.58. The molecule has 0 N–H and O–H groups in total. The van der Waals surface area contributed by atoms with E-state index in [1.54, 1.807) is 0 Å². The van der Waals surface area contributed by atoms with E-state index in [0.717, 1.165) is 67.6 Å². The average molecular weight is 342 g/mol. The average Bonchev–Trinajstić information content (AvgIpc) is 2.64. The van der Waals surface area contributed by atoms with E-state index in [9.17, 15) is 8.78 Å². The summed E-state index contributed by atoms with van der Waals surface area (Å²) < 4.78 is 26.9. The van der Waals surface area contributed by atoms with Crippen molar-refractivity contribution in [1.82, 2.24) is 14.9 Å². The van der Waals surface area contributed by atoms with Crippen molar-refractivity contribution in [3.8, 4) is 0 Å². The Bertz CT molecular complexity index is 819. The van der Waals surface area contributed by atoms with Crippen LogP contribution in [0.4, 0.5) is 8.78 Å². The van der Waals surface area contributed by atoms with Gasteiger partial charge in [0.15, 0.2) is 5.82 Å². The zero-order valence-electron chi connectivity index (χ0n) is 14.0. The number of hydrogen-bond donors (Lipinski definition) is 0. The molecule has 2 aliphatic rings. The Morgan fingerprint density at radius 1 is 1.12 bits per heavy atom. The van der Waals surface area contributed by atoms with Gasteiger partial charge in [-0.1, -0.05) is 6.07 Å². The second-order valence-electron chi connectivity index (χ2n) is 6.65. The van der Waals surface area contributed by atoms with Crippen LogP contribution in [-0.2, 0) is 19.5 Å². The summed E-state index contributed by atoms with van der Waals surface area (Å²) in [4.78, 5) is 15.9. The van der Waals surface area contributed by atoms with Gasteiger partial charge in [-0.05, 0) is 25.3 Å². The van der Waals surface area contributed by atoms with Crippen molar-refractivity contribution >= 4 is 5.71 Å². The van der Waals surface area contributed by atoms with E-state index in [4.69, 9.17) is 4.98 Å². The Kier molecular flexibility index (Phi) is 4.53. The van der Waals surface area contributed by atoms with Crippen molar-refractivity contribution in [2.45, 2.75) is 38.8 Å². The molecule has 4 nitrogen and oxygen atoms in total. The van der Waals surface area contributed by atoms with Gasteiger partial charge in [-0.2, -0.15) is 0 Å². The van der Waals surface area contributed by atoms with E-state index in [0.29, 0.717) is 18.7 Å². The number of rotatable bonds is 3. The predicted molar refractivity (Wildman–Crippen MR) is 91.5 cm³/mol. The molecule has 0 saturated heterocycles. The van der Waals surface area contributed by atoms with Gasteiger partial charge >= 0.3 is 0 Å². The summed E-state index contributed by atoms with van der Waals surface area (Å²) in [6.45, 7) is 2.80. The molecule has 0 radical (unpaired) electrons. The molecule has 0 unspecified atom stereocenters. The minimum Gasteiger partial charge on any atom is -0.294 e. The molecule has 2 aromatic rings. The van der Waals surface area contributed by atoms with Gasteiger partial charge < -0.3 is 0 Å². The maximum Gasteiger partial charge on any atom is 0.173 e. The van der Waals surface area contributed by atoms with E-state index in [1.165, 1.54) is 12.1 Å². The lowest BCUT2D eigenvalue weighted by Crippen LogP contribution is -2.31. The van der Waals surface area contributed by atoms with E-state index in [2.05, 4.69) is 14.9 Å². The molecule has 130 valence electrons. The molecule has 0 atom stereocenters. The fourth-order valence-electron chi connectivity index (χ4n) is 3.42. The highest BCUT2D eigenvalue weighted by atomic mass is 19.1. The summed E-state index contributed by atoms with van der Waals surface area (Å²) in [7, 11) is 0. The van der Waals surface area contributed by atoms with Crippen LogP contribution in [0.1, 0.15) is 41.9 Å². The highest BCUT2D eigenvalue weighted by molar-refractivity contribution is 5.97. The minimum absolute atomic E-state index is 0.458. The van der Waals surface area contributed by atoms with Gasteiger partial charge in [0.1, 0.15) is 11.6 Å². The van der Waals surface area contributed by atoms with E-state index in [-0.39, 0.29) is 0 Å². The second kappa shape index (κ2) is 6.96. The molecular formula is C19H20F2N4. The standard InChI is InChI=1S/C19H20F2N4/c20-15-5-4-13(16(21)9-15)11-25-8-6-17-14(12-25)10-23-19(24-17)18-3-1-2-7-22-18/h4-5,9-10H,1-3,6-8,11-12H2. The van der Waals surface area contributed by atoms with Crippen LogP contribution in [0.25, 0.3) is 0 Å². The third-order valence-corrected chi connectivity index (χ3v) is 4.80. The Balaban J connectivity index is 1.49. The van der Waals surface area contributed by atoms with E-state index >= 15 is 0 Å². The Labute approximate surface area is 145 Å². The Hall–Kier alpha value is -2.21. The summed E-state index contributed by atoms with van der Waals surface area (Å²) in [5, 5.41) is 0. The van der Waals surface area contributed by atoms with E-state index in [1.807, 2.05) is 6.20 Å². The number of hydrogen-bond acceptors (Lipinski definition) is 4. The molecule has 0 amide bonds. The van der Waals surface area contributed by atoms with Crippen molar-refractivity contribution < 1.29 is 8.78 Å². The number of benzene rings is 1. The molecule has 4 rings (SSSR count). The molecule has 0 spiro atoms. The zero-order chi connectivity index (χ0) is 17.2. The quantitative estimate of drug-likeness (QED) is 0.859. The van der Waals surface area contributed by atoms with Gasteiger partial charge in [0.2, 0.25) is 0 Å². The van der Waals surface area contributed by atoms with E-state index < -0.39 is 11.6 Å². The monoisotopic (exact) mass is 342 g/mol. The Morgan fingerprint density at radius 2 is 2.04 bits per heavy atom. The summed E-state index contributed by atoms with van der Waals surface area (Å²) in [5.41, 5.74) is 3.67. The van der Waals surface area contributed by atoms with Gasteiger partial charge in [0.25, 0.3) is 0 Å². The molecule has 1 aromatic heterocycles.